The summed E-state index contributed by atoms with van der Waals surface area (Å²) >= 11 is 6.42. The quantitative estimate of drug-likeness (QED) is 0.195. The monoisotopic (exact) mass is 684 g/mol. The van der Waals surface area contributed by atoms with Gasteiger partial charge in [0.15, 0.2) is 15.7 Å². The molecule has 2 N–H and O–H groups in total. The molecule has 2 aliphatic heterocycles. The summed E-state index contributed by atoms with van der Waals surface area (Å²) in [4.78, 5) is 25.9. The lowest BCUT2D eigenvalue weighted by Crippen LogP contribution is -2.72. The Morgan fingerprint density at radius 2 is 1.83 bits per heavy atom. The molecule has 2 saturated heterocycles. The number of likely N-dealkylation sites (tertiary alicyclic amines) is 2. The van der Waals surface area contributed by atoms with Gasteiger partial charge in [-0.1, -0.05) is 30.7 Å². The zero-order valence-electron chi connectivity index (χ0n) is 27.8. The Balaban J connectivity index is 1.18. The number of nitrogens with zero attached hydrogens (tertiary/aromatic N) is 4. The second-order valence-electron chi connectivity index (χ2n) is 12.8. The van der Waals surface area contributed by atoms with Gasteiger partial charge in [-0.3, -0.25) is 4.79 Å². The first-order valence-electron chi connectivity index (χ1n) is 16.1. The molecule has 3 aromatic rings. The number of hydrogen-bond donors (Lipinski definition) is 2. The molecular weight excluding hydrogens is 640 g/mol. The molecule has 1 amide bonds. The molecule has 5 rings (SSSR count). The van der Waals surface area contributed by atoms with Crippen LogP contribution in [0.2, 0.25) is 5.02 Å². The highest BCUT2D eigenvalue weighted by Crippen LogP contribution is 2.40. The van der Waals surface area contributed by atoms with E-state index in [2.05, 4.69) is 39.3 Å². The minimum absolute atomic E-state index is 0.175. The van der Waals surface area contributed by atoms with E-state index in [0.29, 0.717) is 36.8 Å². The number of benzene rings is 2. The van der Waals surface area contributed by atoms with Gasteiger partial charge in [-0.15, -0.1) is 0 Å². The highest BCUT2D eigenvalue weighted by Gasteiger charge is 2.52. The van der Waals surface area contributed by atoms with Crippen LogP contribution >= 0.6 is 11.6 Å². The fourth-order valence-corrected chi connectivity index (χ4v) is 7.48. The van der Waals surface area contributed by atoms with Gasteiger partial charge in [-0.25, -0.2) is 13.4 Å². The van der Waals surface area contributed by atoms with Gasteiger partial charge in [-0.2, -0.15) is 4.98 Å². The normalized spacial score (nSPS) is 15.8. The highest BCUT2D eigenvalue weighted by atomic mass is 35.5. The number of hydrogen-bond acceptors (Lipinski definition) is 10. The van der Waals surface area contributed by atoms with Crippen LogP contribution in [0.1, 0.15) is 44.7 Å². The molecule has 2 aliphatic rings. The van der Waals surface area contributed by atoms with E-state index >= 15 is 0 Å². The van der Waals surface area contributed by atoms with Crippen LogP contribution in [0.15, 0.2) is 47.5 Å². The molecule has 0 radical (unpaired) electrons. The molecule has 2 fully saturated rings. The Morgan fingerprint density at radius 1 is 1.09 bits per heavy atom. The second kappa shape index (κ2) is 14.8. The molecule has 0 aliphatic carbocycles. The van der Waals surface area contributed by atoms with Crippen molar-refractivity contribution in [1.29, 1.82) is 0 Å². The maximum atomic E-state index is 12.9. The van der Waals surface area contributed by atoms with E-state index in [1.165, 1.54) is 11.8 Å². The van der Waals surface area contributed by atoms with Gasteiger partial charge in [-0.05, 0) is 69.0 Å². The van der Waals surface area contributed by atoms with Crippen molar-refractivity contribution in [2.45, 2.75) is 57.1 Å². The van der Waals surface area contributed by atoms with E-state index in [1.54, 1.807) is 45.2 Å². The van der Waals surface area contributed by atoms with Gasteiger partial charge in [0.05, 0.1) is 47.9 Å². The van der Waals surface area contributed by atoms with Crippen molar-refractivity contribution in [2.24, 2.45) is 5.41 Å². The summed E-state index contributed by atoms with van der Waals surface area (Å²) in [6.45, 7) is 13.3. The van der Waals surface area contributed by atoms with Crippen LogP contribution in [-0.2, 0) is 25.8 Å². The van der Waals surface area contributed by atoms with Crippen molar-refractivity contribution in [1.82, 2.24) is 19.8 Å². The average molecular weight is 685 g/mol. The molecule has 2 aromatic carbocycles. The van der Waals surface area contributed by atoms with Gasteiger partial charge >= 0.3 is 0 Å². The highest BCUT2D eigenvalue weighted by molar-refractivity contribution is 7.92. The van der Waals surface area contributed by atoms with Gasteiger partial charge < -0.3 is 29.9 Å². The first-order valence-corrected chi connectivity index (χ1v) is 18.0. The van der Waals surface area contributed by atoms with Crippen LogP contribution in [0.4, 0.5) is 23.1 Å². The number of anilines is 4. The van der Waals surface area contributed by atoms with E-state index in [9.17, 15) is 13.2 Å². The van der Waals surface area contributed by atoms with Crippen molar-refractivity contribution in [3.05, 3.63) is 58.7 Å². The smallest absolute Gasteiger partial charge is 0.229 e. The van der Waals surface area contributed by atoms with E-state index in [0.717, 1.165) is 51.1 Å². The number of nitrogens with one attached hydrogen (secondary N) is 2. The maximum absolute atomic E-state index is 12.9. The lowest BCUT2D eigenvalue weighted by Gasteiger charge is -2.60. The van der Waals surface area contributed by atoms with Crippen molar-refractivity contribution < 1.29 is 22.7 Å². The first kappa shape index (κ1) is 34.9. The van der Waals surface area contributed by atoms with Gasteiger partial charge in [0.2, 0.25) is 11.9 Å². The summed E-state index contributed by atoms with van der Waals surface area (Å²) in [6.07, 6.45) is 3.77. The number of ether oxygens (including phenoxy) is 2. The number of rotatable bonds is 15. The Kier molecular flexibility index (Phi) is 11.0. The van der Waals surface area contributed by atoms with E-state index in [-0.39, 0.29) is 33.0 Å². The number of carbonyl (C=O) groups is 1. The van der Waals surface area contributed by atoms with Crippen molar-refractivity contribution in [3.8, 4) is 5.75 Å². The third-order valence-electron chi connectivity index (χ3n) is 8.75. The van der Waals surface area contributed by atoms with Crippen LogP contribution in [0, 0.1) is 12.3 Å². The first-order chi connectivity index (χ1) is 22.4. The molecule has 13 heteroatoms. The lowest BCUT2D eigenvalue weighted by molar-refractivity contribution is -0.159. The van der Waals surface area contributed by atoms with Crippen LogP contribution in [0.5, 0.6) is 5.75 Å². The fourth-order valence-electron chi connectivity index (χ4n) is 6.14. The Hall–Kier alpha value is -3.45. The minimum Gasteiger partial charge on any atom is -0.495 e. The molecule has 0 bridgehead atoms. The van der Waals surface area contributed by atoms with Crippen LogP contribution < -0.4 is 15.4 Å². The van der Waals surface area contributed by atoms with Crippen molar-refractivity contribution >= 4 is 50.5 Å². The summed E-state index contributed by atoms with van der Waals surface area (Å²) in [5.74, 6) is 1.40. The Labute approximate surface area is 282 Å². The summed E-state index contributed by atoms with van der Waals surface area (Å²) < 4.78 is 37.1. The van der Waals surface area contributed by atoms with E-state index < -0.39 is 15.1 Å². The number of aryl methyl sites for hydroxylation is 1. The minimum atomic E-state index is -3.54. The van der Waals surface area contributed by atoms with E-state index in [4.69, 9.17) is 21.1 Å². The number of halogens is 1. The number of para-hydroxylation sites is 1. The maximum Gasteiger partial charge on any atom is 0.229 e. The predicted octanol–water partition coefficient (Wildman–Crippen LogP) is 5.62. The van der Waals surface area contributed by atoms with Crippen LogP contribution in [0.3, 0.4) is 0 Å². The predicted molar refractivity (Wildman–Crippen MR) is 185 cm³/mol. The standard InChI is InChI=1S/C34H45ClN6O5S/c1-6-14-46-15-12-31(42)41-21-34(22-41)19-40(20-34)13-11-25-17-29(45-5)28(16-24(25)4)38-33-36-18-26(35)32(39-33)37-27-9-7-8-10-30(27)47(43,44)23(2)3/h7-10,16-18,23H,6,11-15,19-22H2,1-5H3,(H2,36,37,38,39). The molecule has 1 aromatic heterocycles. The van der Waals surface area contributed by atoms with Gasteiger partial charge in [0, 0.05) is 44.7 Å². The Bertz CT molecular complexity index is 1690. The number of aromatic nitrogens is 2. The molecule has 3 heterocycles. The summed E-state index contributed by atoms with van der Waals surface area (Å²) in [5.41, 5.74) is 3.63. The van der Waals surface area contributed by atoms with E-state index in [1.807, 2.05) is 17.0 Å². The molecule has 11 nitrogen and oxygen atoms in total. The molecule has 254 valence electrons. The zero-order valence-corrected chi connectivity index (χ0v) is 29.4. The van der Waals surface area contributed by atoms with Crippen molar-refractivity contribution in [3.63, 3.8) is 0 Å². The Morgan fingerprint density at radius 3 is 2.53 bits per heavy atom. The molecule has 1 spiro atoms. The summed E-state index contributed by atoms with van der Waals surface area (Å²) in [5, 5.41) is 5.99. The fraction of sp³-hybridized carbons (Fsp3) is 0.500. The third kappa shape index (κ3) is 7.99. The SMILES string of the molecule is CCCOCCC(=O)N1CC2(CN(CCc3cc(OC)c(Nc4ncc(Cl)c(Nc5ccccc5S(=O)(=O)C(C)C)n4)cc3C)C2)C1. The number of amides is 1. The third-order valence-corrected chi connectivity index (χ3v) is 11.2. The summed E-state index contributed by atoms with van der Waals surface area (Å²) in [6, 6.07) is 10.7. The van der Waals surface area contributed by atoms with Crippen LogP contribution in [-0.4, -0.2) is 92.4 Å². The molecule has 0 saturated carbocycles. The number of methoxy groups -OCH3 is 1. The van der Waals surface area contributed by atoms with Crippen LogP contribution in [0.25, 0.3) is 0 Å². The topological polar surface area (TPSA) is 126 Å². The number of sulfone groups is 1. The molecule has 0 unspecified atom stereocenters. The average Bonchev–Trinajstić information content (AvgIpc) is 3.00. The van der Waals surface area contributed by atoms with Crippen molar-refractivity contribution in [2.75, 3.05) is 63.7 Å². The van der Waals surface area contributed by atoms with Gasteiger partial charge in [0.25, 0.3) is 0 Å². The molecular formula is C34H45ClN6O5S. The molecule has 0 atom stereocenters. The zero-order chi connectivity index (χ0) is 33.8. The largest absolute Gasteiger partial charge is 0.495 e. The second-order valence-corrected chi connectivity index (χ2v) is 15.7. The lowest BCUT2D eigenvalue weighted by atomic mass is 9.72. The summed E-state index contributed by atoms with van der Waals surface area (Å²) in [7, 11) is -1.92. The molecule has 47 heavy (non-hydrogen) atoms. The van der Waals surface area contributed by atoms with Gasteiger partial charge in [0.1, 0.15) is 10.8 Å². The number of carbonyl (C=O) groups excluding carboxylic acids is 1.